The Bertz CT molecular complexity index is 642. The first-order valence-electron chi connectivity index (χ1n) is 8.71. The molecule has 2 amide bonds. The summed E-state index contributed by atoms with van der Waals surface area (Å²) in [4.78, 5) is 38.3. The zero-order valence-corrected chi connectivity index (χ0v) is 15.1. The maximum absolute atomic E-state index is 12.9. The van der Waals surface area contributed by atoms with Crippen LogP contribution < -0.4 is 5.32 Å². The molecule has 1 aromatic carbocycles. The van der Waals surface area contributed by atoms with Crippen molar-refractivity contribution >= 4 is 23.5 Å². The maximum Gasteiger partial charge on any atom is 0.328 e. The van der Waals surface area contributed by atoms with Crippen LogP contribution in [0.25, 0.3) is 0 Å². The van der Waals surface area contributed by atoms with Crippen molar-refractivity contribution in [1.29, 1.82) is 0 Å². The first kappa shape index (κ1) is 19.0. The molecule has 1 saturated heterocycles. The lowest BCUT2D eigenvalue weighted by Crippen LogP contribution is -2.48. The van der Waals surface area contributed by atoms with E-state index >= 15 is 0 Å². The third-order valence-corrected chi connectivity index (χ3v) is 4.22. The zero-order valence-electron chi connectivity index (χ0n) is 15.1. The Morgan fingerprint density at radius 2 is 2.04 bits per heavy atom. The van der Waals surface area contributed by atoms with Crippen molar-refractivity contribution < 1.29 is 19.1 Å². The van der Waals surface area contributed by atoms with E-state index in [0.29, 0.717) is 30.6 Å². The molecule has 0 aliphatic carbocycles. The van der Waals surface area contributed by atoms with Crippen molar-refractivity contribution in [2.45, 2.75) is 45.6 Å². The Kier molecular flexibility index (Phi) is 6.56. The van der Waals surface area contributed by atoms with Gasteiger partial charge in [0.05, 0.1) is 7.11 Å². The molecular weight excluding hydrogens is 320 g/mol. The largest absolute Gasteiger partial charge is 0.467 e. The van der Waals surface area contributed by atoms with Crippen LogP contribution in [0.4, 0.5) is 5.69 Å². The van der Waals surface area contributed by atoms with E-state index in [-0.39, 0.29) is 23.7 Å². The molecule has 0 saturated carbocycles. The van der Waals surface area contributed by atoms with Crippen molar-refractivity contribution in [1.82, 2.24) is 4.90 Å². The van der Waals surface area contributed by atoms with E-state index < -0.39 is 6.04 Å². The second-order valence-electron chi connectivity index (χ2n) is 6.76. The van der Waals surface area contributed by atoms with Gasteiger partial charge in [-0.25, -0.2) is 4.79 Å². The lowest BCUT2D eigenvalue weighted by Gasteiger charge is -2.33. The maximum atomic E-state index is 12.9. The lowest BCUT2D eigenvalue weighted by atomic mass is 10.0. The molecular formula is C19H26N2O4. The minimum Gasteiger partial charge on any atom is -0.467 e. The summed E-state index contributed by atoms with van der Waals surface area (Å²) in [6, 6.07) is 6.30. The van der Waals surface area contributed by atoms with Gasteiger partial charge in [-0.15, -0.1) is 0 Å². The van der Waals surface area contributed by atoms with Crippen LogP contribution >= 0.6 is 0 Å². The van der Waals surface area contributed by atoms with E-state index in [4.69, 9.17) is 4.74 Å². The molecule has 0 bridgehead atoms. The number of amides is 2. The number of nitrogens with one attached hydrogen (secondary N) is 1. The number of hydrogen-bond donors (Lipinski definition) is 1. The number of benzene rings is 1. The second kappa shape index (κ2) is 8.65. The fourth-order valence-electron chi connectivity index (χ4n) is 3.03. The van der Waals surface area contributed by atoms with Gasteiger partial charge < -0.3 is 15.0 Å². The Morgan fingerprint density at radius 1 is 1.28 bits per heavy atom. The number of carbonyl (C=O) groups is 3. The molecule has 0 aromatic heterocycles. The molecule has 1 aliphatic heterocycles. The summed E-state index contributed by atoms with van der Waals surface area (Å²) in [6.07, 6.45) is 2.80. The molecule has 0 unspecified atom stereocenters. The lowest BCUT2D eigenvalue weighted by molar-refractivity contribution is -0.147. The molecule has 2 rings (SSSR count). The van der Waals surface area contributed by atoms with E-state index in [2.05, 4.69) is 5.32 Å². The van der Waals surface area contributed by atoms with Crippen LogP contribution in [0.1, 0.15) is 49.9 Å². The van der Waals surface area contributed by atoms with Crippen LogP contribution in [0.15, 0.2) is 24.3 Å². The van der Waals surface area contributed by atoms with Gasteiger partial charge in [0.15, 0.2) is 0 Å². The Hall–Kier alpha value is -2.37. The number of likely N-dealkylation sites (tertiary alicyclic amines) is 1. The number of carbonyl (C=O) groups excluding carboxylic acids is 3. The summed E-state index contributed by atoms with van der Waals surface area (Å²) >= 11 is 0. The highest BCUT2D eigenvalue weighted by Crippen LogP contribution is 2.22. The molecule has 6 nitrogen and oxygen atoms in total. The van der Waals surface area contributed by atoms with Gasteiger partial charge in [0, 0.05) is 24.2 Å². The van der Waals surface area contributed by atoms with Crippen molar-refractivity contribution in [2.24, 2.45) is 5.92 Å². The fraction of sp³-hybridized carbons (Fsp3) is 0.526. The van der Waals surface area contributed by atoms with Crippen LogP contribution in [0.5, 0.6) is 0 Å². The average Bonchev–Trinajstić information content (AvgIpc) is 2.60. The van der Waals surface area contributed by atoms with Gasteiger partial charge in [0.25, 0.3) is 5.91 Å². The number of methoxy groups -OCH3 is 1. The normalized spacial score (nSPS) is 17.3. The van der Waals surface area contributed by atoms with E-state index in [1.165, 1.54) is 7.11 Å². The fourth-order valence-corrected chi connectivity index (χ4v) is 3.03. The number of hydrogen-bond acceptors (Lipinski definition) is 4. The minimum absolute atomic E-state index is 0.0787. The summed E-state index contributed by atoms with van der Waals surface area (Å²) in [6.45, 7) is 4.48. The topological polar surface area (TPSA) is 75.7 Å². The molecule has 1 heterocycles. The molecule has 25 heavy (non-hydrogen) atoms. The molecule has 1 aromatic rings. The van der Waals surface area contributed by atoms with E-state index in [9.17, 15) is 14.4 Å². The Morgan fingerprint density at radius 3 is 2.72 bits per heavy atom. The summed E-state index contributed by atoms with van der Waals surface area (Å²) in [7, 11) is 1.34. The number of rotatable bonds is 5. The first-order chi connectivity index (χ1) is 11.9. The van der Waals surface area contributed by atoms with Crippen LogP contribution in [-0.4, -0.2) is 42.4 Å². The van der Waals surface area contributed by atoms with Gasteiger partial charge in [-0.3, -0.25) is 9.59 Å². The standard InChI is InChI=1S/C19H26N2O4/c1-13(2)11-17(22)20-15-8-6-7-14(12-15)18(23)21-10-5-4-9-16(21)19(24)25-3/h6-8,12-13,16H,4-5,9-11H2,1-3H3,(H,20,22)/t16-/m1/s1. The van der Waals surface area contributed by atoms with Crippen molar-refractivity contribution in [3.63, 3.8) is 0 Å². The SMILES string of the molecule is COC(=O)[C@H]1CCCCN1C(=O)c1cccc(NC(=O)CC(C)C)c1. The van der Waals surface area contributed by atoms with Gasteiger partial charge >= 0.3 is 5.97 Å². The number of esters is 1. The molecule has 0 radical (unpaired) electrons. The highest BCUT2D eigenvalue weighted by atomic mass is 16.5. The van der Waals surface area contributed by atoms with E-state index in [1.807, 2.05) is 13.8 Å². The Balaban J connectivity index is 2.14. The molecule has 136 valence electrons. The van der Waals surface area contributed by atoms with Gasteiger partial charge in [-0.1, -0.05) is 19.9 Å². The molecule has 1 aliphatic rings. The van der Waals surface area contributed by atoms with E-state index in [0.717, 1.165) is 12.8 Å². The smallest absolute Gasteiger partial charge is 0.328 e. The number of ether oxygens (including phenoxy) is 1. The zero-order chi connectivity index (χ0) is 18.4. The predicted molar refractivity (Wildman–Crippen MR) is 95.2 cm³/mol. The second-order valence-corrected chi connectivity index (χ2v) is 6.76. The number of anilines is 1. The van der Waals surface area contributed by atoms with Crippen LogP contribution in [0.3, 0.4) is 0 Å². The van der Waals surface area contributed by atoms with Gasteiger partial charge in [0.2, 0.25) is 5.91 Å². The highest BCUT2D eigenvalue weighted by molar-refractivity contribution is 5.99. The van der Waals surface area contributed by atoms with Crippen molar-refractivity contribution in [2.75, 3.05) is 19.0 Å². The molecule has 1 atom stereocenters. The summed E-state index contributed by atoms with van der Waals surface area (Å²) in [5.41, 5.74) is 1.04. The van der Waals surface area contributed by atoms with Gasteiger partial charge in [-0.05, 0) is 43.4 Å². The number of piperidine rings is 1. The van der Waals surface area contributed by atoms with Crippen LogP contribution in [-0.2, 0) is 14.3 Å². The summed E-state index contributed by atoms with van der Waals surface area (Å²) in [5, 5.41) is 2.82. The predicted octanol–water partition coefficient (Wildman–Crippen LogP) is 2.84. The molecule has 6 heteroatoms. The van der Waals surface area contributed by atoms with Crippen molar-refractivity contribution in [3.8, 4) is 0 Å². The average molecular weight is 346 g/mol. The molecule has 1 N–H and O–H groups in total. The molecule has 0 spiro atoms. The van der Waals surface area contributed by atoms with Crippen LogP contribution in [0.2, 0.25) is 0 Å². The third-order valence-electron chi connectivity index (χ3n) is 4.22. The molecule has 1 fully saturated rings. The monoisotopic (exact) mass is 346 g/mol. The van der Waals surface area contributed by atoms with Crippen LogP contribution in [0, 0.1) is 5.92 Å². The highest BCUT2D eigenvalue weighted by Gasteiger charge is 2.33. The van der Waals surface area contributed by atoms with E-state index in [1.54, 1.807) is 29.2 Å². The summed E-state index contributed by atoms with van der Waals surface area (Å²) < 4.78 is 4.83. The van der Waals surface area contributed by atoms with Gasteiger partial charge in [-0.2, -0.15) is 0 Å². The Labute approximate surface area is 148 Å². The summed E-state index contributed by atoms with van der Waals surface area (Å²) in [5.74, 6) is -0.409. The number of nitrogens with zero attached hydrogens (tertiary/aromatic N) is 1. The van der Waals surface area contributed by atoms with Gasteiger partial charge in [0.1, 0.15) is 6.04 Å². The first-order valence-corrected chi connectivity index (χ1v) is 8.71. The van der Waals surface area contributed by atoms with Crippen molar-refractivity contribution in [3.05, 3.63) is 29.8 Å². The quantitative estimate of drug-likeness (QED) is 0.832. The third kappa shape index (κ3) is 5.05. The minimum atomic E-state index is -0.537.